The van der Waals surface area contributed by atoms with Gasteiger partial charge in [0.1, 0.15) is 0 Å². The molecule has 2 aliphatic heterocycles. The number of hydrogen-bond donors (Lipinski definition) is 0. The van der Waals surface area contributed by atoms with Crippen LogP contribution >= 0.6 is 0 Å². The Morgan fingerprint density at radius 1 is 1.50 bits per heavy atom. The second-order valence-electron chi connectivity index (χ2n) is 4.07. The molecule has 2 saturated heterocycles. The highest BCUT2D eigenvalue weighted by Crippen LogP contribution is 2.37. The summed E-state index contributed by atoms with van der Waals surface area (Å²) in [5, 5.41) is 0. The van der Waals surface area contributed by atoms with Crippen LogP contribution in [0.25, 0.3) is 0 Å². The summed E-state index contributed by atoms with van der Waals surface area (Å²) in [5.74, 6) is 0.299. The predicted octanol–water partition coefficient (Wildman–Crippen LogP) is 0.786. The number of ether oxygens (including phenoxy) is 1. The maximum atomic E-state index is 11.5. The van der Waals surface area contributed by atoms with Gasteiger partial charge < -0.3 is 9.64 Å². The minimum absolute atomic E-state index is 0.0885. The van der Waals surface area contributed by atoms with Crippen LogP contribution in [0.15, 0.2) is 0 Å². The van der Waals surface area contributed by atoms with Gasteiger partial charge in [0, 0.05) is 12.5 Å². The fourth-order valence-electron chi connectivity index (χ4n) is 2.30. The molecule has 0 N–H and O–H groups in total. The van der Waals surface area contributed by atoms with E-state index in [1.807, 2.05) is 4.90 Å². The third-order valence-electron chi connectivity index (χ3n) is 2.84. The van der Waals surface area contributed by atoms with Crippen molar-refractivity contribution in [3.63, 3.8) is 0 Å². The first-order valence-electron chi connectivity index (χ1n) is 4.56. The van der Waals surface area contributed by atoms with Crippen molar-refractivity contribution in [3.8, 4) is 0 Å². The molecule has 2 aliphatic rings. The Bertz CT molecular complexity index is 209. The molecular formula is C9H15NO2. The number of amides is 1. The van der Waals surface area contributed by atoms with Crippen LogP contribution < -0.4 is 0 Å². The van der Waals surface area contributed by atoms with Gasteiger partial charge in [-0.05, 0) is 20.3 Å². The van der Waals surface area contributed by atoms with Crippen LogP contribution in [0.3, 0.4) is 0 Å². The molecule has 2 rings (SSSR count). The zero-order chi connectivity index (χ0) is 8.77. The number of nitrogens with zero attached hydrogens (tertiary/aromatic N) is 1. The monoisotopic (exact) mass is 169 g/mol. The Balaban J connectivity index is 2.19. The zero-order valence-corrected chi connectivity index (χ0v) is 7.67. The molecule has 3 nitrogen and oxygen atoms in total. The highest BCUT2D eigenvalue weighted by atomic mass is 16.5. The first kappa shape index (κ1) is 8.05. The van der Waals surface area contributed by atoms with Gasteiger partial charge in [0.15, 0.2) is 0 Å². The van der Waals surface area contributed by atoms with Crippen LogP contribution in [0.4, 0.5) is 0 Å². The second-order valence-corrected chi connectivity index (χ2v) is 4.07. The lowest BCUT2D eigenvalue weighted by Gasteiger charge is -2.47. The van der Waals surface area contributed by atoms with E-state index < -0.39 is 0 Å². The fourth-order valence-corrected chi connectivity index (χ4v) is 2.30. The molecule has 1 spiro atoms. The van der Waals surface area contributed by atoms with Gasteiger partial charge in [-0.15, -0.1) is 0 Å². The van der Waals surface area contributed by atoms with E-state index in [0.717, 1.165) is 19.6 Å². The smallest absolute Gasteiger partial charge is 0.223 e. The van der Waals surface area contributed by atoms with Crippen molar-refractivity contribution in [2.45, 2.75) is 38.3 Å². The summed E-state index contributed by atoms with van der Waals surface area (Å²) in [7, 11) is 0. The molecule has 0 saturated carbocycles. The number of carbonyl (C=O) groups is 1. The van der Waals surface area contributed by atoms with Gasteiger partial charge in [-0.2, -0.15) is 0 Å². The minimum Gasteiger partial charge on any atom is -0.376 e. The van der Waals surface area contributed by atoms with Gasteiger partial charge >= 0.3 is 0 Å². The van der Waals surface area contributed by atoms with Crippen molar-refractivity contribution in [2.24, 2.45) is 0 Å². The van der Waals surface area contributed by atoms with Gasteiger partial charge in [0.2, 0.25) is 5.91 Å². The van der Waals surface area contributed by atoms with Crippen molar-refractivity contribution >= 4 is 5.91 Å². The Morgan fingerprint density at radius 3 is 2.50 bits per heavy atom. The maximum absolute atomic E-state index is 11.5. The molecule has 0 unspecified atom stereocenters. The van der Waals surface area contributed by atoms with E-state index in [1.165, 1.54) is 0 Å². The van der Waals surface area contributed by atoms with Crippen LogP contribution in [-0.4, -0.2) is 35.6 Å². The molecule has 2 fully saturated rings. The lowest BCUT2D eigenvalue weighted by atomic mass is 9.93. The van der Waals surface area contributed by atoms with E-state index in [-0.39, 0.29) is 5.54 Å². The van der Waals surface area contributed by atoms with Crippen LogP contribution in [0.5, 0.6) is 0 Å². The van der Waals surface area contributed by atoms with Crippen molar-refractivity contribution < 1.29 is 9.53 Å². The van der Waals surface area contributed by atoms with Crippen LogP contribution in [0.1, 0.15) is 26.7 Å². The first-order chi connectivity index (χ1) is 5.66. The number of rotatable bonds is 1. The summed E-state index contributed by atoms with van der Waals surface area (Å²) in [6.07, 6.45) is 1.70. The average molecular weight is 169 g/mol. The number of hydrogen-bond acceptors (Lipinski definition) is 2. The van der Waals surface area contributed by atoms with Gasteiger partial charge in [-0.25, -0.2) is 0 Å². The minimum atomic E-state index is 0.0885. The Morgan fingerprint density at radius 2 is 2.17 bits per heavy atom. The highest BCUT2D eigenvalue weighted by molar-refractivity contribution is 5.80. The first-order valence-corrected chi connectivity index (χ1v) is 4.56. The van der Waals surface area contributed by atoms with Crippen molar-refractivity contribution in [1.82, 2.24) is 4.90 Å². The number of carbonyl (C=O) groups excluding carboxylic acids is 1. The Labute approximate surface area is 72.7 Å². The molecule has 3 heteroatoms. The van der Waals surface area contributed by atoms with Crippen LogP contribution in [0, 0.1) is 0 Å². The standard InChI is InChI=1S/C9H15NO2/c1-7(2)10-8(11)3-4-9(10)5-12-6-9/h7H,3-6H2,1-2H3. The van der Waals surface area contributed by atoms with E-state index in [0.29, 0.717) is 18.4 Å². The third-order valence-corrected chi connectivity index (χ3v) is 2.84. The summed E-state index contributed by atoms with van der Waals surface area (Å²) < 4.78 is 5.19. The quantitative estimate of drug-likeness (QED) is 0.580. The molecule has 68 valence electrons. The molecule has 0 aromatic carbocycles. The van der Waals surface area contributed by atoms with Crippen LogP contribution in [-0.2, 0) is 9.53 Å². The molecule has 0 radical (unpaired) electrons. The van der Waals surface area contributed by atoms with E-state index in [1.54, 1.807) is 0 Å². The lowest BCUT2D eigenvalue weighted by Crippen LogP contribution is -2.61. The summed E-state index contributed by atoms with van der Waals surface area (Å²) >= 11 is 0. The van der Waals surface area contributed by atoms with Gasteiger partial charge in [0.25, 0.3) is 0 Å². The average Bonchev–Trinajstić information content (AvgIpc) is 2.25. The van der Waals surface area contributed by atoms with Gasteiger partial charge in [0.05, 0.1) is 18.8 Å². The topological polar surface area (TPSA) is 29.5 Å². The van der Waals surface area contributed by atoms with Crippen molar-refractivity contribution in [1.29, 1.82) is 0 Å². The molecular weight excluding hydrogens is 154 g/mol. The summed E-state index contributed by atoms with van der Waals surface area (Å²) in [5.41, 5.74) is 0.0885. The maximum Gasteiger partial charge on any atom is 0.223 e. The van der Waals surface area contributed by atoms with Gasteiger partial charge in [-0.1, -0.05) is 0 Å². The Kier molecular flexibility index (Phi) is 1.65. The molecule has 0 aliphatic carbocycles. The fraction of sp³-hybridized carbons (Fsp3) is 0.889. The zero-order valence-electron chi connectivity index (χ0n) is 7.67. The predicted molar refractivity (Wildman–Crippen MR) is 44.8 cm³/mol. The van der Waals surface area contributed by atoms with Crippen molar-refractivity contribution in [2.75, 3.05) is 13.2 Å². The third kappa shape index (κ3) is 0.891. The van der Waals surface area contributed by atoms with E-state index in [4.69, 9.17) is 4.74 Å². The molecule has 0 aromatic rings. The lowest BCUT2D eigenvalue weighted by molar-refractivity contribution is -0.157. The van der Waals surface area contributed by atoms with Crippen LogP contribution in [0.2, 0.25) is 0 Å². The van der Waals surface area contributed by atoms with E-state index in [2.05, 4.69) is 13.8 Å². The Hall–Kier alpha value is -0.570. The molecule has 12 heavy (non-hydrogen) atoms. The van der Waals surface area contributed by atoms with E-state index in [9.17, 15) is 4.79 Å². The molecule has 2 heterocycles. The molecule has 1 amide bonds. The normalized spacial score (nSPS) is 26.9. The molecule has 0 bridgehead atoms. The molecule has 0 aromatic heterocycles. The number of likely N-dealkylation sites (tertiary alicyclic amines) is 1. The highest BCUT2D eigenvalue weighted by Gasteiger charge is 2.51. The van der Waals surface area contributed by atoms with Crippen molar-refractivity contribution in [3.05, 3.63) is 0 Å². The van der Waals surface area contributed by atoms with Gasteiger partial charge in [-0.3, -0.25) is 4.79 Å². The summed E-state index contributed by atoms with van der Waals surface area (Å²) in [6.45, 7) is 5.64. The second kappa shape index (κ2) is 2.46. The van der Waals surface area contributed by atoms with E-state index >= 15 is 0 Å². The summed E-state index contributed by atoms with van der Waals surface area (Å²) in [6, 6.07) is 0.323. The molecule has 0 atom stereocenters. The SMILES string of the molecule is CC(C)N1C(=O)CCC12COC2. The summed E-state index contributed by atoms with van der Waals surface area (Å²) in [4.78, 5) is 13.5. The largest absolute Gasteiger partial charge is 0.376 e.